The van der Waals surface area contributed by atoms with Crippen LogP contribution in [0.1, 0.15) is 27.7 Å². The lowest BCUT2D eigenvalue weighted by atomic mass is 10.1. The molecular weight excluding hydrogens is 488 g/mol. The Morgan fingerprint density at radius 3 is 2.65 bits per heavy atom. The number of hydrogen-bond donors (Lipinski definition) is 0. The second-order valence-corrected chi connectivity index (χ2v) is 8.56. The molecule has 0 amide bonds. The third-order valence-corrected chi connectivity index (χ3v) is 6.19. The fourth-order valence-electron chi connectivity index (χ4n) is 3.34. The van der Waals surface area contributed by atoms with Crippen LogP contribution in [0.3, 0.4) is 0 Å². The lowest BCUT2D eigenvalue weighted by Gasteiger charge is -2.12. The van der Waals surface area contributed by atoms with Gasteiger partial charge in [0.25, 0.3) is 0 Å². The molecule has 0 aliphatic rings. The number of carbonyl (C=O) groups excluding carboxylic acids is 2. The third-order valence-electron chi connectivity index (χ3n) is 4.78. The summed E-state index contributed by atoms with van der Waals surface area (Å²) in [6.07, 6.45) is 3.23. The number of hydrogen-bond acceptors (Lipinski definition) is 7. The molecule has 0 saturated heterocycles. The molecule has 2 heterocycles. The molecule has 34 heavy (non-hydrogen) atoms. The summed E-state index contributed by atoms with van der Waals surface area (Å²) < 4.78 is 40.9. The summed E-state index contributed by atoms with van der Waals surface area (Å²) in [6, 6.07) is 8.46. The van der Waals surface area contributed by atoms with Gasteiger partial charge in [0.1, 0.15) is 11.6 Å². The number of nitrogens with zero attached hydrogens (tertiary/aromatic N) is 3. The minimum atomic E-state index is -1.24. The van der Waals surface area contributed by atoms with E-state index in [0.29, 0.717) is 27.8 Å². The second-order valence-electron chi connectivity index (χ2n) is 7.07. The molecule has 2 aromatic heterocycles. The zero-order valence-electron chi connectivity index (χ0n) is 17.8. The molecule has 4 rings (SSSR count). The van der Waals surface area contributed by atoms with Gasteiger partial charge in [0.05, 0.1) is 35.3 Å². The second kappa shape index (κ2) is 9.70. The van der Waals surface area contributed by atoms with E-state index in [4.69, 9.17) is 21.1 Å². The molecule has 0 aliphatic heterocycles. The summed E-state index contributed by atoms with van der Waals surface area (Å²) in [7, 11) is 1.50. The third kappa shape index (κ3) is 4.68. The summed E-state index contributed by atoms with van der Waals surface area (Å²) in [6.45, 7) is 1.42. The van der Waals surface area contributed by atoms with Gasteiger partial charge in [-0.15, -0.1) is 16.4 Å². The van der Waals surface area contributed by atoms with E-state index in [-0.39, 0.29) is 4.88 Å². The van der Waals surface area contributed by atoms with Crippen molar-refractivity contribution in [1.82, 2.24) is 15.0 Å². The summed E-state index contributed by atoms with van der Waals surface area (Å²) in [4.78, 5) is 24.8. The van der Waals surface area contributed by atoms with E-state index in [0.717, 1.165) is 36.0 Å². The number of halogens is 3. The van der Waals surface area contributed by atoms with E-state index in [9.17, 15) is 18.4 Å². The molecule has 0 fully saturated rings. The Morgan fingerprint density at radius 2 is 1.97 bits per heavy atom. The van der Waals surface area contributed by atoms with Crippen LogP contribution in [0.2, 0.25) is 5.02 Å². The highest BCUT2D eigenvalue weighted by Crippen LogP contribution is 2.38. The van der Waals surface area contributed by atoms with Gasteiger partial charge in [0, 0.05) is 23.6 Å². The number of thiophene rings is 1. The molecular formula is C23H16ClF2N3O4S. The molecule has 0 spiro atoms. The van der Waals surface area contributed by atoms with E-state index in [2.05, 4.69) is 10.3 Å². The number of carbonyl (C=O) groups is 2. The zero-order valence-corrected chi connectivity index (χ0v) is 19.4. The first-order valence-electron chi connectivity index (χ1n) is 9.80. The van der Waals surface area contributed by atoms with Crippen LogP contribution in [0.4, 0.5) is 8.78 Å². The molecule has 7 nitrogen and oxygen atoms in total. The molecule has 0 saturated carbocycles. The van der Waals surface area contributed by atoms with Crippen LogP contribution in [0.15, 0.2) is 48.8 Å². The number of rotatable bonds is 7. The fourth-order valence-corrected chi connectivity index (χ4v) is 4.60. The van der Waals surface area contributed by atoms with Crippen molar-refractivity contribution in [3.05, 3.63) is 81.5 Å². The quantitative estimate of drug-likeness (QED) is 0.197. The SMILES string of the molecule is COc1c(Cl)cc(-c2ccc(C(=O)c3c(F)ccc(OC(C)=O)c3F)s2)cc1Cn1ccnn1. The van der Waals surface area contributed by atoms with Crippen molar-refractivity contribution in [3.8, 4) is 21.9 Å². The smallest absolute Gasteiger partial charge is 0.308 e. The van der Waals surface area contributed by atoms with Gasteiger partial charge in [-0.05, 0) is 42.0 Å². The van der Waals surface area contributed by atoms with E-state index in [1.54, 1.807) is 29.2 Å². The van der Waals surface area contributed by atoms with Gasteiger partial charge >= 0.3 is 5.97 Å². The molecule has 0 atom stereocenters. The summed E-state index contributed by atoms with van der Waals surface area (Å²) >= 11 is 7.46. The van der Waals surface area contributed by atoms with E-state index in [1.165, 1.54) is 13.2 Å². The Labute approximate surface area is 201 Å². The summed E-state index contributed by atoms with van der Waals surface area (Å²) in [5, 5.41) is 8.07. The topological polar surface area (TPSA) is 83.3 Å². The van der Waals surface area contributed by atoms with Crippen LogP contribution >= 0.6 is 22.9 Å². The van der Waals surface area contributed by atoms with Gasteiger partial charge in [-0.2, -0.15) is 0 Å². The maximum atomic E-state index is 14.8. The van der Waals surface area contributed by atoms with Crippen LogP contribution < -0.4 is 9.47 Å². The van der Waals surface area contributed by atoms with Crippen LogP contribution in [-0.4, -0.2) is 33.9 Å². The predicted octanol–water partition coefficient (Wildman–Crippen LogP) is 5.15. The van der Waals surface area contributed by atoms with E-state index < -0.39 is 34.7 Å². The van der Waals surface area contributed by atoms with Gasteiger partial charge < -0.3 is 9.47 Å². The fraction of sp³-hybridized carbons (Fsp3) is 0.130. The van der Waals surface area contributed by atoms with Crippen molar-refractivity contribution < 1.29 is 27.8 Å². The van der Waals surface area contributed by atoms with Gasteiger partial charge in [0.2, 0.25) is 5.78 Å². The van der Waals surface area contributed by atoms with Gasteiger partial charge in [0.15, 0.2) is 11.6 Å². The number of benzene rings is 2. The average molecular weight is 504 g/mol. The Morgan fingerprint density at radius 1 is 1.18 bits per heavy atom. The van der Waals surface area contributed by atoms with Gasteiger partial charge in [-0.1, -0.05) is 16.8 Å². The summed E-state index contributed by atoms with van der Waals surface area (Å²) in [5.41, 5.74) is 0.606. The van der Waals surface area contributed by atoms with E-state index >= 15 is 0 Å². The lowest BCUT2D eigenvalue weighted by molar-refractivity contribution is -0.132. The predicted molar refractivity (Wildman–Crippen MR) is 122 cm³/mol. The standard InChI is InChI=1S/C23H16ClF2N3O4S/c1-12(30)33-17-4-3-16(25)20(21(17)26)22(31)19-6-5-18(34-19)13-9-14(11-29-8-7-27-28-29)23(32-2)15(24)10-13/h3-10H,11H2,1-2H3. The normalized spacial score (nSPS) is 10.9. The van der Waals surface area contributed by atoms with Crippen molar-refractivity contribution in [2.75, 3.05) is 7.11 Å². The van der Waals surface area contributed by atoms with Crippen molar-refractivity contribution in [2.24, 2.45) is 0 Å². The molecule has 0 unspecified atom stereocenters. The first-order valence-corrected chi connectivity index (χ1v) is 11.0. The largest absolute Gasteiger partial charge is 0.495 e. The van der Waals surface area contributed by atoms with Crippen LogP contribution in [-0.2, 0) is 11.3 Å². The lowest BCUT2D eigenvalue weighted by Crippen LogP contribution is -2.10. The highest BCUT2D eigenvalue weighted by Gasteiger charge is 2.25. The Bertz CT molecular complexity index is 1390. The molecule has 2 aromatic carbocycles. The molecule has 4 aromatic rings. The molecule has 0 radical (unpaired) electrons. The monoisotopic (exact) mass is 503 g/mol. The Kier molecular flexibility index (Phi) is 6.71. The number of esters is 1. The first kappa shape index (κ1) is 23.5. The molecule has 0 bridgehead atoms. The van der Waals surface area contributed by atoms with Crippen molar-refractivity contribution in [2.45, 2.75) is 13.5 Å². The maximum absolute atomic E-state index is 14.8. The summed E-state index contributed by atoms with van der Waals surface area (Å²) in [5.74, 6) is -4.01. The first-order chi connectivity index (χ1) is 16.3. The highest BCUT2D eigenvalue weighted by atomic mass is 35.5. The van der Waals surface area contributed by atoms with Crippen molar-refractivity contribution >= 4 is 34.7 Å². The molecule has 0 aliphatic carbocycles. The number of ketones is 1. The van der Waals surface area contributed by atoms with Gasteiger partial charge in [-0.3, -0.25) is 9.59 Å². The zero-order chi connectivity index (χ0) is 24.4. The van der Waals surface area contributed by atoms with E-state index in [1.807, 2.05) is 6.07 Å². The van der Waals surface area contributed by atoms with Crippen molar-refractivity contribution in [3.63, 3.8) is 0 Å². The molecule has 11 heteroatoms. The van der Waals surface area contributed by atoms with Crippen LogP contribution in [0, 0.1) is 11.6 Å². The highest BCUT2D eigenvalue weighted by molar-refractivity contribution is 7.17. The van der Waals surface area contributed by atoms with Crippen molar-refractivity contribution in [1.29, 1.82) is 0 Å². The minimum absolute atomic E-state index is 0.0949. The Hall–Kier alpha value is -3.63. The molecule has 174 valence electrons. The maximum Gasteiger partial charge on any atom is 0.308 e. The van der Waals surface area contributed by atoms with Gasteiger partial charge in [-0.25, -0.2) is 13.5 Å². The van der Waals surface area contributed by atoms with Crippen LogP contribution in [0.5, 0.6) is 11.5 Å². The number of aromatic nitrogens is 3. The number of methoxy groups -OCH3 is 1. The minimum Gasteiger partial charge on any atom is -0.495 e. The average Bonchev–Trinajstić information content (AvgIpc) is 3.48. The van der Waals surface area contributed by atoms with Crippen LogP contribution in [0.25, 0.3) is 10.4 Å². The molecule has 0 N–H and O–H groups in total. The Balaban J connectivity index is 1.70. The number of ether oxygens (including phenoxy) is 2.